The molecule has 0 saturated carbocycles. The minimum absolute atomic E-state index is 0.279. The molecule has 2 fully saturated rings. The van der Waals surface area contributed by atoms with Crippen molar-refractivity contribution in [3.63, 3.8) is 0 Å². The van der Waals surface area contributed by atoms with Gasteiger partial charge in [0.05, 0.1) is 4.90 Å². The Labute approximate surface area is 177 Å². The molecule has 0 N–H and O–H groups in total. The molecule has 0 bridgehead atoms. The van der Waals surface area contributed by atoms with Crippen LogP contribution in [0.1, 0.15) is 24.1 Å². The molecule has 0 aliphatic carbocycles. The Morgan fingerprint density at radius 1 is 0.897 bits per heavy atom. The van der Waals surface area contributed by atoms with Crippen molar-refractivity contribution in [2.24, 2.45) is 0 Å². The first kappa shape index (κ1) is 20.4. The van der Waals surface area contributed by atoms with Gasteiger partial charge in [0.15, 0.2) is 0 Å². The first-order valence-electron chi connectivity index (χ1n) is 9.96. The lowest BCUT2D eigenvalue weighted by atomic mass is 10.2. The van der Waals surface area contributed by atoms with Crippen LogP contribution in [-0.4, -0.2) is 62.0 Å². The summed E-state index contributed by atoms with van der Waals surface area (Å²) in [5, 5.41) is 0.426. The van der Waals surface area contributed by atoms with E-state index < -0.39 is 10.0 Å². The van der Waals surface area contributed by atoms with Crippen molar-refractivity contribution in [1.29, 1.82) is 0 Å². The van der Waals surface area contributed by atoms with Crippen LogP contribution in [0.4, 0.5) is 11.8 Å². The number of anilines is 2. The van der Waals surface area contributed by atoms with Crippen LogP contribution in [0.25, 0.3) is 0 Å². The van der Waals surface area contributed by atoms with Crippen LogP contribution < -0.4 is 9.80 Å². The second kappa shape index (κ2) is 8.08. The molecule has 2 aromatic rings. The topological polar surface area (TPSA) is 69.6 Å². The molecule has 1 aromatic carbocycles. The number of hydrogen-bond donors (Lipinski definition) is 0. The smallest absolute Gasteiger partial charge is 0.243 e. The van der Waals surface area contributed by atoms with Gasteiger partial charge in [-0.25, -0.2) is 13.4 Å². The minimum Gasteiger partial charge on any atom is -0.356 e. The van der Waals surface area contributed by atoms with Crippen molar-refractivity contribution in [2.45, 2.75) is 31.6 Å². The van der Waals surface area contributed by atoms with Crippen molar-refractivity contribution >= 4 is 33.4 Å². The van der Waals surface area contributed by atoms with Crippen LogP contribution in [0.3, 0.4) is 0 Å². The van der Waals surface area contributed by atoms with Crippen molar-refractivity contribution in [1.82, 2.24) is 14.3 Å². The fraction of sp³-hybridized carbons (Fsp3) is 0.500. The average molecular weight is 436 g/mol. The number of nitrogens with zero attached hydrogens (tertiary/aromatic N) is 5. The van der Waals surface area contributed by atoms with E-state index in [1.807, 2.05) is 13.0 Å². The van der Waals surface area contributed by atoms with E-state index in [9.17, 15) is 8.42 Å². The second-order valence-electron chi connectivity index (χ2n) is 7.66. The molecule has 0 atom stereocenters. The van der Waals surface area contributed by atoms with Gasteiger partial charge >= 0.3 is 0 Å². The van der Waals surface area contributed by atoms with Gasteiger partial charge in [-0.2, -0.15) is 9.29 Å². The molecule has 4 rings (SSSR count). The van der Waals surface area contributed by atoms with E-state index >= 15 is 0 Å². The van der Waals surface area contributed by atoms with Crippen molar-refractivity contribution in [3.8, 4) is 0 Å². The van der Waals surface area contributed by atoms with Gasteiger partial charge in [0.2, 0.25) is 16.0 Å². The largest absolute Gasteiger partial charge is 0.356 e. The van der Waals surface area contributed by atoms with E-state index in [-0.39, 0.29) is 4.90 Å². The van der Waals surface area contributed by atoms with E-state index in [0.29, 0.717) is 42.7 Å². The Hall–Kier alpha value is -1.90. The van der Waals surface area contributed by atoms with Crippen LogP contribution in [0.15, 0.2) is 29.2 Å². The second-order valence-corrected chi connectivity index (χ2v) is 10.0. The highest BCUT2D eigenvalue weighted by Crippen LogP contribution is 2.26. The van der Waals surface area contributed by atoms with Crippen molar-refractivity contribution in [3.05, 3.63) is 40.5 Å². The Kier molecular flexibility index (Phi) is 5.68. The van der Waals surface area contributed by atoms with Crippen LogP contribution in [0, 0.1) is 13.8 Å². The SMILES string of the molecule is Cc1cc(N2CCCC2)nc(N2CCN(S(=O)(=O)c3cc(Cl)ccc3C)CC2)n1. The molecule has 156 valence electrons. The normalized spacial score (nSPS) is 18.4. The summed E-state index contributed by atoms with van der Waals surface area (Å²) in [5.74, 6) is 1.65. The predicted octanol–water partition coefficient (Wildman–Crippen LogP) is 2.86. The van der Waals surface area contributed by atoms with Gasteiger partial charge in [-0.15, -0.1) is 0 Å². The van der Waals surface area contributed by atoms with Crippen LogP contribution in [-0.2, 0) is 10.0 Å². The van der Waals surface area contributed by atoms with Gasteiger partial charge in [0.25, 0.3) is 0 Å². The van der Waals surface area contributed by atoms with E-state index in [1.54, 1.807) is 19.1 Å². The summed E-state index contributed by atoms with van der Waals surface area (Å²) in [4.78, 5) is 14.0. The molecule has 1 aromatic heterocycles. The fourth-order valence-electron chi connectivity index (χ4n) is 3.91. The molecule has 2 saturated heterocycles. The highest BCUT2D eigenvalue weighted by atomic mass is 35.5. The van der Waals surface area contributed by atoms with E-state index in [0.717, 1.165) is 24.6 Å². The Morgan fingerprint density at radius 3 is 2.28 bits per heavy atom. The average Bonchev–Trinajstić information content (AvgIpc) is 3.24. The number of piperazine rings is 1. The summed E-state index contributed by atoms with van der Waals surface area (Å²) >= 11 is 6.04. The summed E-state index contributed by atoms with van der Waals surface area (Å²) in [6.07, 6.45) is 2.38. The number of rotatable bonds is 4. The lowest BCUT2D eigenvalue weighted by molar-refractivity contribution is 0.382. The molecule has 0 unspecified atom stereocenters. The van der Waals surface area contributed by atoms with Gasteiger partial charge < -0.3 is 9.80 Å². The molecular weight excluding hydrogens is 410 g/mol. The van der Waals surface area contributed by atoms with E-state index in [2.05, 4.69) is 14.8 Å². The standard InChI is InChI=1S/C20H26ClN5O2S/c1-15-5-6-17(21)14-18(15)29(27,28)26-11-9-25(10-12-26)20-22-16(2)13-19(23-20)24-7-3-4-8-24/h5-6,13-14H,3-4,7-12H2,1-2H3. The highest BCUT2D eigenvalue weighted by molar-refractivity contribution is 7.89. The molecule has 7 nitrogen and oxygen atoms in total. The van der Waals surface area contributed by atoms with Crippen LogP contribution in [0.2, 0.25) is 5.02 Å². The molecule has 29 heavy (non-hydrogen) atoms. The minimum atomic E-state index is -3.58. The lowest BCUT2D eigenvalue weighted by Gasteiger charge is -2.34. The molecule has 0 radical (unpaired) electrons. The number of sulfonamides is 1. The molecule has 9 heteroatoms. The monoisotopic (exact) mass is 435 g/mol. The zero-order valence-corrected chi connectivity index (χ0v) is 18.4. The van der Waals surface area contributed by atoms with Gasteiger partial charge in [-0.05, 0) is 44.4 Å². The molecule has 0 amide bonds. The highest BCUT2D eigenvalue weighted by Gasteiger charge is 2.31. The predicted molar refractivity (Wildman–Crippen MR) is 115 cm³/mol. The Balaban J connectivity index is 1.50. The van der Waals surface area contributed by atoms with E-state index in [4.69, 9.17) is 16.6 Å². The zero-order chi connectivity index (χ0) is 20.6. The number of halogens is 1. The summed E-state index contributed by atoms with van der Waals surface area (Å²) < 4.78 is 27.7. The van der Waals surface area contributed by atoms with E-state index in [1.165, 1.54) is 23.2 Å². The first-order chi connectivity index (χ1) is 13.8. The van der Waals surface area contributed by atoms with Crippen LogP contribution in [0.5, 0.6) is 0 Å². The Morgan fingerprint density at radius 2 is 1.59 bits per heavy atom. The maximum Gasteiger partial charge on any atom is 0.243 e. The van der Waals surface area contributed by atoms with Gasteiger partial charge in [0.1, 0.15) is 5.82 Å². The molecule has 3 heterocycles. The summed E-state index contributed by atoms with van der Waals surface area (Å²) in [6.45, 7) is 7.73. The maximum atomic E-state index is 13.1. The van der Waals surface area contributed by atoms with Gasteiger partial charge in [-0.3, -0.25) is 0 Å². The number of aryl methyl sites for hydroxylation is 2. The number of benzene rings is 1. The molecule has 0 spiro atoms. The van der Waals surface area contributed by atoms with Gasteiger partial charge in [0, 0.05) is 56.1 Å². The zero-order valence-electron chi connectivity index (χ0n) is 16.8. The summed E-state index contributed by atoms with van der Waals surface area (Å²) in [6, 6.07) is 7.01. The third-order valence-corrected chi connectivity index (χ3v) is 7.82. The lowest BCUT2D eigenvalue weighted by Crippen LogP contribution is -2.49. The third-order valence-electron chi connectivity index (χ3n) is 5.55. The fourth-order valence-corrected chi connectivity index (χ4v) is 5.82. The summed E-state index contributed by atoms with van der Waals surface area (Å²) in [7, 11) is -3.58. The molecule has 2 aliphatic heterocycles. The third kappa shape index (κ3) is 4.20. The molecule has 2 aliphatic rings. The van der Waals surface area contributed by atoms with Crippen molar-refractivity contribution in [2.75, 3.05) is 49.1 Å². The number of hydrogen-bond acceptors (Lipinski definition) is 6. The molecular formula is C20H26ClN5O2S. The maximum absolute atomic E-state index is 13.1. The Bertz CT molecular complexity index is 1000. The summed E-state index contributed by atoms with van der Waals surface area (Å²) in [5.41, 5.74) is 1.63. The van der Waals surface area contributed by atoms with Gasteiger partial charge in [-0.1, -0.05) is 17.7 Å². The quantitative estimate of drug-likeness (QED) is 0.735. The van der Waals surface area contributed by atoms with Crippen molar-refractivity contribution < 1.29 is 8.42 Å². The number of aromatic nitrogens is 2. The van der Waals surface area contributed by atoms with Crippen LogP contribution >= 0.6 is 11.6 Å². The first-order valence-corrected chi connectivity index (χ1v) is 11.8.